The third kappa shape index (κ3) is 3.97. The van der Waals surface area contributed by atoms with Gasteiger partial charge in [-0.25, -0.2) is 0 Å². The van der Waals surface area contributed by atoms with E-state index in [1.165, 1.54) is 12.1 Å². The fraction of sp³-hybridized carbons (Fsp3) is 0.0667. The van der Waals surface area contributed by atoms with Crippen molar-refractivity contribution in [2.75, 3.05) is 0 Å². The molecule has 21 heavy (non-hydrogen) atoms. The van der Waals surface area contributed by atoms with Crippen molar-refractivity contribution in [1.29, 1.82) is 0 Å². The zero-order valence-corrected chi connectivity index (χ0v) is 12.6. The van der Waals surface area contributed by atoms with Crippen LogP contribution in [0.15, 0.2) is 42.5 Å². The smallest absolute Gasteiger partial charge is 0.267 e. The van der Waals surface area contributed by atoms with Crippen molar-refractivity contribution in [3.8, 4) is 0 Å². The van der Waals surface area contributed by atoms with Crippen LogP contribution < -0.4 is 10.9 Å². The summed E-state index contributed by atoms with van der Waals surface area (Å²) in [6.45, 7) is 1.84. The van der Waals surface area contributed by atoms with E-state index in [1.807, 2.05) is 6.92 Å². The molecule has 0 saturated carbocycles. The van der Waals surface area contributed by atoms with E-state index in [0.29, 0.717) is 21.2 Å². The van der Waals surface area contributed by atoms with Gasteiger partial charge in [-0.15, -0.1) is 0 Å². The molecule has 108 valence electrons. The zero-order valence-electron chi connectivity index (χ0n) is 11.1. The van der Waals surface area contributed by atoms with Gasteiger partial charge in [-0.2, -0.15) is 0 Å². The molecule has 2 rings (SSSR count). The minimum Gasteiger partial charge on any atom is -0.267 e. The summed E-state index contributed by atoms with van der Waals surface area (Å²) in [6, 6.07) is 11.3. The van der Waals surface area contributed by atoms with Crippen molar-refractivity contribution in [2.45, 2.75) is 6.92 Å². The lowest BCUT2D eigenvalue weighted by molar-refractivity contribution is 0.0846. The molecule has 2 amide bonds. The van der Waals surface area contributed by atoms with Gasteiger partial charge in [0.2, 0.25) is 0 Å². The number of benzene rings is 2. The predicted molar refractivity (Wildman–Crippen MR) is 82.6 cm³/mol. The summed E-state index contributed by atoms with van der Waals surface area (Å²) in [7, 11) is 0. The van der Waals surface area contributed by atoms with Gasteiger partial charge in [0.15, 0.2) is 0 Å². The molecule has 2 aromatic rings. The normalized spacial score (nSPS) is 10.0. The van der Waals surface area contributed by atoms with Crippen LogP contribution in [-0.2, 0) is 0 Å². The standard InChI is InChI=1S/C15H12Cl2N2O2/c1-9-5-6-11(8-13(9)17)15(21)19-18-14(20)10-3-2-4-12(16)7-10/h2-8H,1H3,(H,18,20)(H,19,21). The maximum absolute atomic E-state index is 11.9. The minimum absolute atomic E-state index is 0.352. The van der Waals surface area contributed by atoms with Gasteiger partial charge in [0, 0.05) is 21.2 Å². The third-order valence-corrected chi connectivity index (χ3v) is 3.45. The number of amides is 2. The molecule has 6 heteroatoms. The predicted octanol–water partition coefficient (Wildman–Crippen LogP) is 3.38. The summed E-state index contributed by atoms with van der Waals surface area (Å²) in [5.74, 6) is -0.906. The van der Waals surface area contributed by atoms with E-state index in [4.69, 9.17) is 23.2 Å². The molecule has 2 aromatic carbocycles. The topological polar surface area (TPSA) is 58.2 Å². The van der Waals surface area contributed by atoms with Crippen LogP contribution in [0.2, 0.25) is 10.0 Å². The summed E-state index contributed by atoms with van der Waals surface area (Å²) in [5.41, 5.74) is 6.22. The van der Waals surface area contributed by atoms with E-state index in [2.05, 4.69) is 10.9 Å². The Labute approximate surface area is 132 Å². The quantitative estimate of drug-likeness (QED) is 0.833. The van der Waals surface area contributed by atoms with Gasteiger partial charge < -0.3 is 0 Å². The Balaban J connectivity index is 2.00. The molecule has 0 aliphatic rings. The number of carbonyl (C=O) groups is 2. The van der Waals surface area contributed by atoms with Gasteiger partial charge in [-0.05, 0) is 42.8 Å². The van der Waals surface area contributed by atoms with Crippen LogP contribution >= 0.6 is 23.2 Å². The summed E-state index contributed by atoms with van der Waals surface area (Å²) >= 11 is 11.7. The molecule has 4 nitrogen and oxygen atoms in total. The number of aryl methyl sites for hydroxylation is 1. The van der Waals surface area contributed by atoms with Gasteiger partial charge in [0.1, 0.15) is 0 Å². The van der Waals surface area contributed by atoms with Gasteiger partial charge in [0.25, 0.3) is 11.8 Å². The van der Waals surface area contributed by atoms with Crippen LogP contribution in [0.1, 0.15) is 26.3 Å². The molecular weight excluding hydrogens is 311 g/mol. The molecule has 0 radical (unpaired) electrons. The van der Waals surface area contributed by atoms with E-state index in [0.717, 1.165) is 5.56 Å². The Morgan fingerprint density at radius 3 is 2.10 bits per heavy atom. The fourth-order valence-electron chi connectivity index (χ4n) is 1.62. The number of hydrazine groups is 1. The van der Waals surface area contributed by atoms with E-state index in [9.17, 15) is 9.59 Å². The Morgan fingerprint density at radius 2 is 1.52 bits per heavy atom. The van der Waals surface area contributed by atoms with Crippen LogP contribution in [0.4, 0.5) is 0 Å². The number of rotatable bonds is 2. The average Bonchev–Trinajstić information content (AvgIpc) is 2.47. The molecule has 0 heterocycles. The first-order valence-electron chi connectivity index (χ1n) is 6.10. The maximum atomic E-state index is 11.9. The molecule has 0 aliphatic heterocycles. The summed E-state index contributed by atoms with van der Waals surface area (Å²) in [5, 5.41) is 0.933. The number of hydrogen-bond donors (Lipinski definition) is 2. The van der Waals surface area contributed by atoms with E-state index in [-0.39, 0.29) is 0 Å². The highest BCUT2D eigenvalue weighted by Crippen LogP contribution is 2.16. The van der Waals surface area contributed by atoms with E-state index < -0.39 is 11.8 Å². The van der Waals surface area contributed by atoms with Gasteiger partial charge in [-0.1, -0.05) is 35.3 Å². The van der Waals surface area contributed by atoms with Gasteiger partial charge >= 0.3 is 0 Å². The summed E-state index contributed by atoms with van der Waals surface area (Å²) in [6.07, 6.45) is 0. The van der Waals surface area contributed by atoms with Crippen LogP contribution in [0, 0.1) is 6.92 Å². The van der Waals surface area contributed by atoms with Crippen molar-refractivity contribution in [2.24, 2.45) is 0 Å². The van der Waals surface area contributed by atoms with Crippen LogP contribution in [-0.4, -0.2) is 11.8 Å². The third-order valence-electron chi connectivity index (χ3n) is 2.81. The molecule has 0 spiro atoms. The Kier molecular flexibility index (Phi) is 4.83. The van der Waals surface area contributed by atoms with Crippen molar-refractivity contribution < 1.29 is 9.59 Å². The summed E-state index contributed by atoms with van der Waals surface area (Å²) < 4.78 is 0. The van der Waals surface area contributed by atoms with Crippen molar-refractivity contribution in [1.82, 2.24) is 10.9 Å². The maximum Gasteiger partial charge on any atom is 0.269 e. The number of nitrogens with one attached hydrogen (secondary N) is 2. The van der Waals surface area contributed by atoms with Gasteiger partial charge in [-0.3, -0.25) is 20.4 Å². The zero-order chi connectivity index (χ0) is 15.4. The molecule has 2 N–H and O–H groups in total. The SMILES string of the molecule is Cc1ccc(C(=O)NNC(=O)c2cccc(Cl)c2)cc1Cl. The van der Waals surface area contributed by atoms with Crippen molar-refractivity contribution >= 4 is 35.0 Å². The van der Waals surface area contributed by atoms with Crippen LogP contribution in [0.3, 0.4) is 0 Å². The highest BCUT2D eigenvalue weighted by atomic mass is 35.5. The molecule has 0 fully saturated rings. The highest BCUT2D eigenvalue weighted by molar-refractivity contribution is 6.31. The molecule has 0 atom stereocenters. The lowest BCUT2D eigenvalue weighted by Gasteiger charge is -2.08. The molecular formula is C15H12Cl2N2O2. The highest BCUT2D eigenvalue weighted by Gasteiger charge is 2.10. The molecule has 0 aromatic heterocycles. The average molecular weight is 323 g/mol. The number of carbonyl (C=O) groups excluding carboxylic acids is 2. The first-order valence-corrected chi connectivity index (χ1v) is 6.85. The Morgan fingerprint density at radius 1 is 0.905 bits per heavy atom. The molecule has 0 aliphatic carbocycles. The minimum atomic E-state index is -0.455. The van der Waals surface area contributed by atoms with Crippen LogP contribution in [0.5, 0.6) is 0 Å². The molecule has 0 bridgehead atoms. The number of halogens is 2. The second kappa shape index (κ2) is 6.61. The first-order chi connectivity index (χ1) is 9.97. The van der Waals surface area contributed by atoms with E-state index in [1.54, 1.807) is 30.3 Å². The fourth-order valence-corrected chi connectivity index (χ4v) is 1.99. The molecule has 0 unspecified atom stereocenters. The monoisotopic (exact) mass is 322 g/mol. The Hall–Kier alpha value is -2.04. The van der Waals surface area contributed by atoms with Crippen LogP contribution in [0.25, 0.3) is 0 Å². The lowest BCUT2D eigenvalue weighted by Crippen LogP contribution is -2.41. The van der Waals surface area contributed by atoms with E-state index >= 15 is 0 Å². The summed E-state index contributed by atoms with van der Waals surface area (Å²) in [4.78, 5) is 23.7. The lowest BCUT2D eigenvalue weighted by atomic mass is 10.1. The molecule has 0 saturated heterocycles. The van der Waals surface area contributed by atoms with Gasteiger partial charge in [0.05, 0.1) is 0 Å². The largest absolute Gasteiger partial charge is 0.269 e. The first kappa shape index (κ1) is 15.4. The second-order valence-corrected chi connectivity index (χ2v) is 5.23. The number of hydrogen-bond acceptors (Lipinski definition) is 2. The second-order valence-electron chi connectivity index (χ2n) is 4.38. The van der Waals surface area contributed by atoms with Crippen molar-refractivity contribution in [3.63, 3.8) is 0 Å². The van der Waals surface area contributed by atoms with Crippen molar-refractivity contribution in [3.05, 3.63) is 69.2 Å². The Bertz CT molecular complexity index is 702.